The van der Waals surface area contributed by atoms with Crippen molar-refractivity contribution in [3.05, 3.63) is 59.2 Å². The molecule has 0 bridgehead atoms. The van der Waals surface area contributed by atoms with E-state index in [-0.39, 0.29) is 11.6 Å². The zero-order chi connectivity index (χ0) is 27.0. The van der Waals surface area contributed by atoms with Crippen molar-refractivity contribution in [3.63, 3.8) is 0 Å². The molecule has 0 radical (unpaired) electrons. The highest BCUT2D eigenvalue weighted by atomic mass is 32.2. The highest BCUT2D eigenvalue weighted by molar-refractivity contribution is 7.88. The minimum Gasteiger partial charge on any atom is -0.354 e. The molecule has 3 aromatic rings. The van der Waals surface area contributed by atoms with Crippen LogP contribution >= 0.6 is 0 Å². The van der Waals surface area contributed by atoms with Crippen molar-refractivity contribution < 1.29 is 17.6 Å². The summed E-state index contributed by atoms with van der Waals surface area (Å²) in [4.78, 5) is 26.7. The molecule has 3 atom stereocenters. The van der Waals surface area contributed by atoms with Crippen LogP contribution in [0.15, 0.2) is 41.5 Å². The first-order chi connectivity index (χ1) is 18.1. The number of hydrogen-bond acceptors (Lipinski definition) is 7. The Bertz CT molecular complexity index is 1470. The first-order valence-electron chi connectivity index (χ1n) is 12.7. The summed E-state index contributed by atoms with van der Waals surface area (Å²) in [5.74, 6) is -0.276. The van der Waals surface area contributed by atoms with Crippen LogP contribution in [0.5, 0.6) is 0 Å². The maximum Gasteiger partial charge on any atom is 0.245 e. The van der Waals surface area contributed by atoms with Gasteiger partial charge in [-0.15, -0.1) is 0 Å². The predicted octanol–water partition coefficient (Wildman–Crippen LogP) is 2.80. The molecule has 12 heteroatoms. The van der Waals surface area contributed by atoms with Gasteiger partial charge in [0.1, 0.15) is 17.7 Å². The van der Waals surface area contributed by atoms with Crippen molar-refractivity contribution in [3.8, 4) is 0 Å². The molecule has 10 nitrogen and oxygen atoms in total. The second kappa shape index (κ2) is 10.4. The van der Waals surface area contributed by atoms with Crippen LogP contribution in [0.2, 0.25) is 0 Å². The average Bonchev–Trinajstić information content (AvgIpc) is 3.53. The van der Waals surface area contributed by atoms with E-state index in [1.807, 2.05) is 19.2 Å². The molecule has 1 N–H and O–H groups in total. The number of rotatable bonds is 7. The van der Waals surface area contributed by atoms with Gasteiger partial charge in [-0.3, -0.25) is 9.79 Å². The molecule has 0 aliphatic carbocycles. The second-order valence-electron chi connectivity index (χ2n) is 10.1. The lowest BCUT2D eigenvalue weighted by Crippen LogP contribution is -2.46. The number of anilines is 1. The lowest BCUT2D eigenvalue weighted by atomic mass is 9.97. The summed E-state index contributed by atoms with van der Waals surface area (Å²) >= 11 is 0. The SMILES string of the molecule is C=N[C@H]1CCN(c2nc3cc([C@@H]4CCCCN4C(=O)C(NS(C)(=O)=O)c4ccccc4F)nn3cc2C)C1. The van der Waals surface area contributed by atoms with Gasteiger partial charge in [0.25, 0.3) is 0 Å². The Morgan fingerprint density at radius 3 is 2.74 bits per heavy atom. The molecule has 2 aromatic heterocycles. The molecule has 2 fully saturated rings. The Hall–Kier alpha value is -3.38. The number of nitrogens with one attached hydrogen (secondary N) is 1. The minimum absolute atomic E-state index is 0.0119. The minimum atomic E-state index is -3.81. The summed E-state index contributed by atoms with van der Waals surface area (Å²) in [6.07, 6.45) is 6.12. The van der Waals surface area contributed by atoms with Crippen LogP contribution in [0.1, 0.15) is 54.6 Å². The average molecular weight is 542 g/mol. The van der Waals surface area contributed by atoms with Crippen LogP contribution in [0.25, 0.3) is 5.65 Å². The second-order valence-corrected chi connectivity index (χ2v) is 11.9. The number of fused-ring (bicyclic) bond motifs is 1. The van der Waals surface area contributed by atoms with Crippen LogP contribution < -0.4 is 9.62 Å². The Morgan fingerprint density at radius 1 is 1.24 bits per heavy atom. The third kappa shape index (κ3) is 5.28. The zero-order valence-electron chi connectivity index (χ0n) is 21.5. The summed E-state index contributed by atoms with van der Waals surface area (Å²) in [5.41, 5.74) is 2.29. The van der Waals surface area contributed by atoms with Crippen molar-refractivity contribution in [2.45, 2.75) is 50.7 Å². The molecule has 0 saturated carbocycles. The molecular weight excluding hydrogens is 509 g/mol. The molecule has 38 heavy (non-hydrogen) atoms. The van der Waals surface area contributed by atoms with Gasteiger partial charge >= 0.3 is 0 Å². The standard InChI is InChI=1S/C26H32FN7O3S/c1-17-15-34-23(29-25(17)32-13-11-18(16-32)28-2)14-21(30-34)22-10-6-7-12-33(22)26(35)24(31-38(3,36)37)19-8-4-5-9-20(19)27/h4-5,8-9,14-15,18,22,24,31H,2,6-7,10-13,16H2,1,3H3/t18-,22-,24?/m0/s1. The molecular formula is C26H32FN7O3S. The molecule has 2 aliphatic rings. The fourth-order valence-corrected chi connectivity index (χ4v) is 6.08. The van der Waals surface area contributed by atoms with Gasteiger partial charge in [-0.25, -0.2) is 22.3 Å². The Kier molecular flexibility index (Phi) is 7.19. The number of carbonyl (C=O) groups excluding carboxylic acids is 1. The largest absolute Gasteiger partial charge is 0.354 e. The smallest absolute Gasteiger partial charge is 0.245 e. The number of benzene rings is 1. The van der Waals surface area contributed by atoms with Crippen molar-refractivity contribution in [1.29, 1.82) is 0 Å². The van der Waals surface area contributed by atoms with Crippen LogP contribution in [-0.4, -0.2) is 72.5 Å². The summed E-state index contributed by atoms with van der Waals surface area (Å²) in [6, 6.07) is 6.03. The van der Waals surface area contributed by atoms with Gasteiger partial charge in [0, 0.05) is 43.0 Å². The van der Waals surface area contributed by atoms with Gasteiger partial charge in [-0.1, -0.05) is 18.2 Å². The molecule has 2 saturated heterocycles. The topological polar surface area (TPSA) is 112 Å². The number of nitrogens with zero attached hydrogens (tertiary/aromatic N) is 6. The summed E-state index contributed by atoms with van der Waals surface area (Å²) in [5, 5.41) is 4.75. The van der Waals surface area contributed by atoms with Gasteiger partial charge in [-0.05, 0) is 45.4 Å². The Morgan fingerprint density at radius 2 is 2.03 bits per heavy atom. The lowest BCUT2D eigenvalue weighted by Gasteiger charge is -2.37. The van der Waals surface area contributed by atoms with Crippen molar-refractivity contribution >= 4 is 34.1 Å². The molecule has 1 unspecified atom stereocenters. The third-order valence-electron chi connectivity index (χ3n) is 7.27. The third-order valence-corrected chi connectivity index (χ3v) is 7.93. The van der Waals surface area contributed by atoms with Crippen molar-refractivity contribution in [2.75, 3.05) is 30.8 Å². The van der Waals surface area contributed by atoms with Crippen LogP contribution in [0.3, 0.4) is 0 Å². The van der Waals surface area contributed by atoms with Crippen LogP contribution in [0.4, 0.5) is 10.2 Å². The predicted molar refractivity (Wildman–Crippen MR) is 143 cm³/mol. The maximum absolute atomic E-state index is 14.7. The summed E-state index contributed by atoms with van der Waals surface area (Å²) in [6.45, 7) is 7.70. The van der Waals surface area contributed by atoms with E-state index in [4.69, 9.17) is 10.1 Å². The molecule has 1 amide bonds. The number of hydrogen-bond donors (Lipinski definition) is 1. The Balaban J connectivity index is 1.48. The first-order valence-corrected chi connectivity index (χ1v) is 14.6. The van der Waals surface area contributed by atoms with Gasteiger partial charge in [0.15, 0.2) is 5.65 Å². The van der Waals surface area contributed by atoms with E-state index in [0.717, 1.165) is 50.0 Å². The number of halogens is 1. The maximum atomic E-state index is 14.7. The molecule has 5 rings (SSSR count). The molecule has 1 aromatic carbocycles. The van der Waals surface area contributed by atoms with E-state index >= 15 is 0 Å². The number of piperidine rings is 1. The lowest BCUT2D eigenvalue weighted by molar-refractivity contribution is -0.137. The van der Waals surface area contributed by atoms with Gasteiger partial charge in [-0.2, -0.15) is 9.82 Å². The summed E-state index contributed by atoms with van der Waals surface area (Å²) < 4.78 is 43.1. The number of aliphatic imine (C=N–C) groups is 1. The Labute approximate surface area is 221 Å². The van der Waals surface area contributed by atoms with E-state index in [1.54, 1.807) is 15.5 Å². The van der Waals surface area contributed by atoms with Gasteiger partial charge in [0.2, 0.25) is 15.9 Å². The molecule has 0 spiro atoms. The van der Waals surface area contributed by atoms with Crippen molar-refractivity contribution in [2.24, 2.45) is 4.99 Å². The van der Waals surface area contributed by atoms with Crippen LogP contribution in [0, 0.1) is 12.7 Å². The first kappa shape index (κ1) is 26.2. The molecule has 2 aliphatic heterocycles. The summed E-state index contributed by atoms with van der Waals surface area (Å²) in [7, 11) is -3.81. The normalized spacial score (nSPS) is 21.1. The van der Waals surface area contributed by atoms with E-state index in [2.05, 4.69) is 21.3 Å². The van der Waals surface area contributed by atoms with E-state index < -0.39 is 33.8 Å². The van der Waals surface area contributed by atoms with Gasteiger partial charge in [0.05, 0.1) is 24.0 Å². The highest BCUT2D eigenvalue weighted by Crippen LogP contribution is 2.34. The number of sulfonamides is 1. The number of aromatic nitrogens is 3. The highest BCUT2D eigenvalue weighted by Gasteiger charge is 2.37. The quantitative estimate of drug-likeness (QED) is 0.461. The molecule has 202 valence electrons. The number of carbonyl (C=O) groups is 1. The molecule has 4 heterocycles. The fourth-order valence-electron chi connectivity index (χ4n) is 5.42. The van der Waals surface area contributed by atoms with E-state index in [9.17, 15) is 17.6 Å². The van der Waals surface area contributed by atoms with Gasteiger partial charge < -0.3 is 9.80 Å². The fraction of sp³-hybridized carbons (Fsp3) is 0.462. The van der Waals surface area contributed by atoms with Crippen LogP contribution in [-0.2, 0) is 14.8 Å². The zero-order valence-corrected chi connectivity index (χ0v) is 22.4. The number of amides is 1. The number of likely N-dealkylation sites (tertiary alicyclic amines) is 1. The monoisotopic (exact) mass is 541 g/mol. The van der Waals surface area contributed by atoms with Crippen molar-refractivity contribution in [1.82, 2.24) is 24.2 Å². The van der Waals surface area contributed by atoms with E-state index in [0.29, 0.717) is 24.3 Å². The number of aryl methyl sites for hydroxylation is 1. The van der Waals surface area contributed by atoms with E-state index in [1.165, 1.54) is 18.2 Å².